The van der Waals surface area contributed by atoms with Gasteiger partial charge in [0.15, 0.2) is 0 Å². The number of benzene rings is 1. The molecule has 0 saturated heterocycles. The first-order valence-electron chi connectivity index (χ1n) is 6.14. The number of anilines is 2. The molecule has 0 aliphatic carbocycles. The first-order chi connectivity index (χ1) is 8.74. The second-order valence-electron chi connectivity index (χ2n) is 4.26. The van der Waals surface area contributed by atoms with Crippen molar-refractivity contribution in [1.82, 2.24) is 4.98 Å². The summed E-state index contributed by atoms with van der Waals surface area (Å²) in [7, 11) is 0. The summed E-state index contributed by atoms with van der Waals surface area (Å²) < 4.78 is 0. The van der Waals surface area contributed by atoms with E-state index in [0.29, 0.717) is 0 Å². The van der Waals surface area contributed by atoms with Crippen molar-refractivity contribution >= 4 is 11.5 Å². The SMILES string of the molecule is CCN(c1ccc(C)cc1)c1ccc(CO)cn1. The average Bonchev–Trinajstić information content (AvgIpc) is 2.42. The van der Waals surface area contributed by atoms with E-state index in [1.165, 1.54) is 5.56 Å². The van der Waals surface area contributed by atoms with E-state index < -0.39 is 0 Å². The van der Waals surface area contributed by atoms with Crippen molar-refractivity contribution in [2.45, 2.75) is 20.5 Å². The first kappa shape index (κ1) is 12.6. The Kier molecular flexibility index (Phi) is 3.95. The standard InChI is InChI=1S/C15H18N2O/c1-3-17(14-7-4-12(2)5-8-14)15-9-6-13(11-18)10-16-15/h4-10,18H,3,11H2,1-2H3. The van der Waals surface area contributed by atoms with Crippen LogP contribution in [-0.2, 0) is 6.61 Å². The van der Waals surface area contributed by atoms with Gasteiger partial charge < -0.3 is 10.0 Å². The third-order valence-electron chi connectivity index (χ3n) is 2.93. The molecule has 1 aromatic carbocycles. The van der Waals surface area contributed by atoms with Gasteiger partial charge >= 0.3 is 0 Å². The Hall–Kier alpha value is -1.87. The number of pyridine rings is 1. The Morgan fingerprint density at radius 1 is 1.11 bits per heavy atom. The van der Waals surface area contributed by atoms with Crippen LogP contribution in [0, 0.1) is 6.92 Å². The zero-order valence-electron chi connectivity index (χ0n) is 10.8. The topological polar surface area (TPSA) is 36.4 Å². The molecule has 1 aromatic heterocycles. The number of aliphatic hydroxyl groups excluding tert-OH is 1. The highest BCUT2D eigenvalue weighted by molar-refractivity contribution is 5.60. The van der Waals surface area contributed by atoms with Gasteiger partial charge in [0, 0.05) is 18.4 Å². The summed E-state index contributed by atoms with van der Waals surface area (Å²) in [4.78, 5) is 6.52. The predicted molar refractivity (Wildman–Crippen MR) is 74.0 cm³/mol. The van der Waals surface area contributed by atoms with E-state index in [1.54, 1.807) is 6.20 Å². The van der Waals surface area contributed by atoms with Gasteiger partial charge in [0.1, 0.15) is 5.82 Å². The molecule has 0 saturated carbocycles. The molecule has 2 aromatic rings. The monoisotopic (exact) mass is 242 g/mol. The molecule has 1 heterocycles. The van der Waals surface area contributed by atoms with Crippen LogP contribution in [0.2, 0.25) is 0 Å². The van der Waals surface area contributed by atoms with E-state index in [9.17, 15) is 0 Å². The summed E-state index contributed by atoms with van der Waals surface area (Å²) in [5.41, 5.74) is 3.21. The summed E-state index contributed by atoms with van der Waals surface area (Å²) in [5, 5.41) is 9.02. The minimum Gasteiger partial charge on any atom is -0.392 e. The molecule has 0 bridgehead atoms. The van der Waals surface area contributed by atoms with Crippen LogP contribution in [0.4, 0.5) is 11.5 Å². The van der Waals surface area contributed by atoms with Crippen LogP contribution in [0.5, 0.6) is 0 Å². The van der Waals surface area contributed by atoms with Crippen LogP contribution >= 0.6 is 0 Å². The van der Waals surface area contributed by atoms with Gasteiger partial charge in [0.2, 0.25) is 0 Å². The van der Waals surface area contributed by atoms with Gasteiger partial charge in [0.05, 0.1) is 6.61 Å². The zero-order valence-corrected chi connectivity index (χ0v) is 10.8. The highest BCUT2D eigenvalue weighted by atomic mass is 16.3. The van der Waals surface area contributed by atoms with Crippen molar-refractivity contribution in [2.24, 2.45) is 0 Å². The molecule has 1 N–H and O–H groups in total. The Morgan fingerprint density at radius 2 is 1.83 bits per heavy atom. The summed E-state index contributed by atoms with van der Waals surface area (Å²) in [6.07, 6.45) is 1.71. The van der Waals surface area contributed by atoms with Gasteiger partial charge in [0.25, 0.3) is 0 Å². The van der Waals surface area contributed by atoms with Crippen LogP contribution in [0.1, 0.15) is 18.1 Å². The Morgan fingerprint density at radius 3 is 2.33 bits per heavy atom. The highest BCUT2D eigenvalue weighted by Crippen LogP contribution is 2.23. The molecule has 2 rings (SSSR count). The maximum Gasteiger partial charge on any atom is 0.132 e. The first-order valence-corrected chi connectivity index (χ1v) is 6.14. The van der Waals surface area contributed by atoms with Gasteiger partial charge in [-0.1, -0.05) is 23.8 Å². The van der Waals surface area contributed by atoms with E-state index in [0.717, 1.165) is 23.6 Å². The Balaban J connectivity index is 2.29. The van der Waals surface area contributed by atoms with Crippen LogP contribution in [-0.4, -0.2) is 16.6 Å². The molecule has 0 unspecified atom stereocenters. The van der Waals surface area contributed by atoms with E-state index in [-0.39, 0.29) is 6.61 Å². The number of hydrogen-bond acceptors (Lipinski definition) is 3. The number of aliphatic hydroxyl groups is 1. The number of rotatable bonds is 4. The second-order valence-corrected chi connectivity index (χ2v) is 4.26. The maximum atomic E-state index is 9.02. The fourth-order valence-electron chi connectivity index (χ4n) is 1.87. The smallest absolute Gasteiger partial charge is 0.132 e. The van der Waals surface area contributed by atoms with E-state index in [2.05, 4.69) is 48.0 Å². The number of hydrogen-bond donors (Lipinski definition) is 1. The van der Waals surface area contributed by atoms with Crippen LogP contribution in [0.15, 0.2) is 42.6 Å². The molecule has 0 amide bonds. The zero-order chi connectivity index (χ0) is 13.0. The minimum atomic E-state index is 0.0317. The van der Waals surface area contributed by atoms with E-state index >= 15 is 0 Å². The van der Waals surface area contributed by atoms with Crippen molar-refractivity contribution in [3.8, 4) is 0 Å². The molecule has 0 aliphatic heterocycles. The average molecular weight is 242 g/mol. The molecule has 0 aliphatic rings. The van der Waals surface area contributed by atoms with Crippen molar-refractivity contribution in [1.29, 1.82) is 0 Å². The van der Waals surface area contributed by atoms with Gasteiger partial charge in [-0.25, -0.2) is 4.98 Å². The van der Waals surface area contributed by atoms with Crippen LogP contribution < -0.4 is 4.90 Å². The van der Waals surface area contributed by atoms with Crippen molar-refractivity contribution in [2.75, 3.05) is 11.4 Å². The Bertz CT molecular complexity index is 491. The third-order valence-corrected chi connectivity index (χ3v) is 2.93. The molecule has 3 heteroatoms. The summed E-state index contributed by atoms with van der Waals surface area (Å²) in [5.74, 6) is 0.901. The van der Waals surface area contributed by atoms with Crippen LogP contribution in [0.3, 0.4) is 0 Å². The quantitative estimate of drug-likeness (QED) is 0.895. The third kappa shape index (κ3) is 2.68. The molecule has 0 radical (unpaired) electrons. The normalized spacial score (nSPS) is 10.4. The van der Waals surface area contributed by atoms with Crippen molar-refractivity contribution in [3.05, 3.63) is 53.7 Å². The summed E-state index contributed by atoms with van der Waals surface area (Å²) in [6.45, 7) is 5.06. The fraction of sp³-hybridized carbons (Fsp3) is 0.267. The molecule has 3 nitrogen and oxygen atoms in total. The predicted octanol–water partition coefficient (Wildman–Crippen LogP) is 3.04. The van der Waals surface area contributed by atoms with E-state index in [1.807, 2.05) is 12.1 Å². The molecule has 18 heavy (non-hydrogen) atoms. The minimum absolute atomic E-state index is 0.0317. The summed E-state index contributed by atoms with van der Waals surface area (Å²) >= 11 is 0. The lowest BCUT2D eigenvalue weighted by Crippen LogP contribution is -2.17. The second kappa shape index (κ2) is 5.65. The lowest BCUT2D eigenvalue weighted by Gasteiger charge is -2.22. The maximum absolute atomic E-state index is 9.02. The number of aromatic nitrogens is 1. The fourth-order valence-corrected chi connectivity index (χ4v) is 1.87. The molecular formula is C15H18N2O. The molecule has 0 spiro atoms. The number of aryl methyl sites for hydroxylation is 1. The van der Waals surface area contributed by atoms with Crippen molar-refractivity contribution in [3.63, 3.8) is 0 Å². The molecule has 0 fully saturated rings. The molecule has 94 valence electrons. The lowest BCUT2D eigenvalue weighted by atomic mass is 10.2. The Labute approximate surface area is 108 Å². The van der Waals surface area contributed by atoms with Gasteiger partial charge in [-0.15, -0.1) is 0 Å². The van der Waals surface area contributed by atoms with Gasteiger partial charge in [-0.2, -0.15) is 0 Å². The van der Waals surface area contributed by atoms with Gasteiger partial charge in [-0.05, 0) is 37.6 Å². The van der Waals surface area contributed by atoms with Gasteiger partial charge in [-0.3, -0.25) is 0 Å². The van der Waals surface area contributed by atoms with Crippen LogP contribution in [0.25, 0.3) is 0 Å². The largest absolute Gasteiger partial charge is 0.392 e. The van der Waals surface area contributed by atoms with Crippen molar-refractivity contribution < 1.29 is 5.11 Å². The molecular weight excluding hydrogens is 224 g/mol. The highest BCUT2D eigenvalue weighted by Gasteiger charge is 2.07. The number of nitrogens with zero attached hydrogens (tertiary/aromatic N) is 2. The molecule has 0 atom stereocenters. The van der Waals surface area contributed by atoms with E-state index in [4.69, 9.17) is 5.11 Å². The summed E-state index contributed by atoms with van der Waals surface area (Å²) in [6, 6.07) is 12.2. The lowest BCUT2D eigenvalue weighted by molar-refractivity contribution is 0.281.